The Bertz CT molecular complexity index is 1350. The summed E-state index contributed by atoms with van der Waals surface area (Å²) in [6.07, 6.45) is 6.99. The van der Waals surface area contributed by atoms with E-state index >= 15 is 0 Å². The van der Waals surface area contributed by atoms with Crippen LogP contribution in [0.15, 0.2) is 66.9 Å². The van der Waals surface area contributed by atoms with Crippen LogP contribution in [0.25, 0.3) is 22.0 Å². The van der Waals surface area contributed by atoms with Crippen molar-refractivity contribution in [3.63, 3.8) is 0 Å². The number of nitrogens with zero attached hydrogens (tertiary/aromatic N) is 2. The van der Waals surface area contributed by atoms with Crippen LogP contribution in [0.5, 0.6) is 5.88 Å². The lowest BCUT2D eigenvalue weighted by Gasteiger charge is -2.16. The number of ether oxygens (including phenoxy) is 1. The molecule has 0 aliphatic heterocycles. The summed E-state index contributed by atoms with van der Waals surface area (Å²) in [7, 11) is 1.66. The number of fused-ring (bicyclic) bond motifs is 1. The molecule has 0 aliphatic carbocycles. The van der Waals surface area contributed by atoms with Crippen molar-refractivity contribution in [3.05, 3.63) is 89.5 Å². The zero-order chi connectivity index (χ0) is 26.0. The highest BCUT2D eigenvalue weighted by atomic mass is 19.1. The van der Waals surface area contributed by atoms with Crippen molar-refractivity contribution >= 4 is 28.0 Å². The number of rotatable bonds is 12. The van der Waals surface area contributed by atoms with Crippen LogP contribution in [-0.2, 0) is 4.79 Å². The molecule has 37 heavy (non-hydrogen) atoms. The summed E-state index contributed by atoms with van der Waals surface area (Å²) < 4.78 is 20.2. The molecule has 0 fully saturated rings. The molecule has 2 aromatic heterocycles. The van der Waals surface area contributed by atoms with Crippen LogP contribution >= 0.6 is 0 Å². The van der Waals surface area contributed by atoms with E-state index in [4.69, 9.17) is 4.74 Å². The number of pyridine rings is 1. The number of carbonyl (C=O) groups is 1. The summed E-state index contributed by atoms with van der Waals surface area (Å²) in [5.74, 6) is 0.217. The average Bonchev–Trinajstić information content (AvgIpc) is 3.31. The first-order valence-corrected chi connectivity index (χ1v) is 12.8. The maximum Gasteiger partial charge on any atom is 0.219 e. The highest BCUT2D eigenvalue weighted by molar-refractivity contribution is 6.00. The van der Waals surface area contributed by atoms with Crippen LogP contribution in [0, 0.1) is 5.95 Å². The monoisotopic (exact) mass is 500 g/mol. The second-order valence-corrected chi connectivity index (χ2v) is 8.91. The number of aromatic nitrogens is 3. The number of halogens is 1. The van der Waals surface area contributed by atoms with E-state index in [0.29, 0.717) is 29.8 Å². The van der Waals surface area contributed by atoms with Gasteiger partial charge in [0, 0.05) is 31.3 Å². The zero-order valence-corrected chi connectivity index (χ0v) is 21.4. The second kappa shape index (κ2) is 12.8. The van der Waals surface area contributed by atoms with Gasteiger partial charge >= 0.3 is 0 Å². The fourth-order valence-corrected chi connectivity index (χ4v) is 4.47. The minimum absolute atomic E-state index is 0.0854. The van der Waals surface area contributed by atoms with Gasteiger partial charge in [-0.15, -0.1) is 0 Å². The molecular weight excluding hydrogens is 467 g/mol. The molecule has 0 atom stereocenters. The maximum atomic E-state index is 14.3. The van der Waals surface area contributed by atoms with E-state index in [1.165, 1.54) is 0 Å². The van der Waals surface area contributed by atoms with E-state index in [9.17, 15) is 9.18 Å². The first kappa shape index (κ1) is 26.1. The summed E-state index contributed by atoms with van der Waals surface area (Å²) in [6, 6.07) is 19.8. The van der Waals surface area contributed by atoms with E-state index in [0.717, 1.165) is 59.9 Å². The highest BCUT2D eigenvalue weighted by Gasteiger charge is 2.16. The molecule has 0 unspecified atom stereocenters. The number of benzene rings is 2. The van der Waals surface area contributed by atoms with Crippen LogP contribution in [0.3, 0.4) is 0 Å². The SMILES string of the molecule is CC/C(=C(/c1ccc(OCCCCCCC(=O)NC)nc1)c1ccc2n[nH]c(F)c2c1)c1ccccc1. The fourth-order valence-electron chi connectivity index (χ4n) is 4.47. The van der Waals surface area contributed by atoms with Gasteiger partial charge in [0.05, 0.1) is 17.5 Å². The third-order valence-electron chi connectivity index (χ3n) is 6.43. The van der Waals surface area contributed by atoms with Crippen LogP contribution < -0.4 is 10.1 Å². The maximum absolute atomic E-state index is 14.3. The van der Waals surface area contributed by atoms with Gasteiger partial charge in [-0.2, -0.15) is 9.49 Å². The van der Waals surface area contributed by atoms with E-state index in [1.54, 1.807) is 7.05 Å². The molecule has 0 spiro atoms. The number of amides is 1. The molecule has 2 N–H and O–H groups in total. The molecule has 192 valence electrons. The number of hydrogen-bond acceptors (Lipinski definition) is 4. The number of nitrogens with one attached hydrogen (secondary N) is 2. The first-order chi connectivity index (χ1) is 18.1. The number of carbonyl (C=O) groups excluding carboxylic acids is 1. The van der Waals surface area contributed by atoms with Crippen molar-refractivity contribution < 1.29 is 13.9 Å². The fraction of sp³-hybridized carbons (Fsp3) is 0.300. The lowest BCUT2D eigenvalue weighted by atomic mass is 9.88. The summed E-state index contributed by atoms with van der Waals surface area (Å²) in [4.78, 5) is 15.9. The Morgan fingerprint density at radius 1 is 0.973 bits per heavy atom. The minimum atomic E-state index is -0.440. The Morgan fingerprint density at radius 2 is 1.76 bits per heavy atom. The molecule has 7 heteroatoms. The van der Waals surface area contributed by atoms with Gasteiger partial charge in [-0.05, 0) is 59.7 Å². The summed E-state index contributed by atoms with van der Waals surface area (Å²) in [6.45, 7) is 2.70. The van der Waals surface area contributed by atoms with Crippen LogP contribution in [0.1, 0.15) is 62.1 Å². The summed E-state index contributed by atoms with van der Waals surface area (Å²) in [5.41, 5.74) is 5.70. The lowest BCUT2D eigenvalue weighted by molar-refractivity contribution is -0.120. The van der Waals surface area contributed by atoms with Crippen molar-refractivity contribution in [2.24, 2.45) is 0 Å². The molecule has 0 radical (unpaired) electrons. The zero-order valence-electron chi connectivity index (χ0n) is 21.4. The third-order valence-corrected chi connectivity index (χ3v) is 6.43. The summed E-state index contributed by atoms with van der Waals surface area (Å²) >= 11 is 0. The standard InChI is InChI=1S/C30H33FN4O2/c1-3-24(21-11-7-6-8-12-21)29(22-14-16-26-25(19-22)30(31)35-34-26)23-15-17-28(33-20-23)37-18-10-5-4-9-13-27(36)32-2/h6-8,11-12,14-17,19-20H,3-5,9-10,13,18H2,1-2H3,(H,32,36)(H,34,35)/b29-24-. The van der Waals surface area contributed by atoms with E-state index in [2.05, 4.69) is 39.6 Å². The first-order valence-electron chi connectivity index (χ1n) is 12.8. The van der Waals surface area contributed by atoms with Gasteiger partial charge in [0.2, 0.25) is 17.7 Å². The van der Waals surface area contributed by atoms with Crippen molar-refractivity contribution in [1.82, 2.24) is 20.5 Å². The van der Waals surface area contributed by atoms with E-state index in [-0.39, 0.29) is 5.91 Å². The third kappa shape index (κ3) is 6.61. The van der Waals surface area contributed by atoms with E-state index in [1.807, 2.05) is 54.7 Å². The summed E-state index contributed by atoms with van der Waals surface area (Å²) in [5, 5.41) is 9.56. The molecule has 0 bridgehead atoms. The quantitative estimate of drug-likeness (QED) is 0.171. The average molecular weight is 501 g/mol. The number of hydrogen-bond donors (Lipinski definition) is 2. The Morgan fingerprint density at radius 3 is 2.49 bits per heavy atom. The molecule has 4 aromatic rings. The van der Waals surface area contributed by atoms with Gasteiger partial charge in [-0.1, -0.05) is 56.2 Å². The van der Waals surface area contributed by atoms with Crippen LogP contribution in [0.4, 0.5) is 4.39 Å². The van der Waals surface area contributed by atoms with Gasteiger partial charge in [-0.3, -0.25) is 9.89 Å². The topological polar surface area (TPSA) is 79.9 Å². The van der Waals surface area contributed by atoms with E-state index < -0.39 is 5.95 Å². The van der Waals surface area contributed by atoms with Crippen molar-refractivity contribution in [2.75, 3.05) is 13.7 Å². The number of allylic oxidation sites excluding steroid dienone is 1. The van der Waals surface area contributed by atoms with Gasteiger partial charge in [0.1, 0.15) is 0 Å². The molecule has 2 aromatic carbocycles. The van der Waals surface area contributed by atoms with Crippen LogP contribution in [-0.4, -0.2) is 34.7 Å². The molecular formula is C30H33FN4O2. The van der Waals surface area contributed by atoms with Gasteiger partial charge in [0.25, 0.3) is 0 Å². The molecule has 2 heterocycles. The highest BCUT2D eigenvalue weighted by Crippen LogP contribution is 2.35. The normalized spacial score (nSPS) is 11.9. The molecule has 1 amide bonds. The predicted molar refractivity (Wildman–Crippen MR) is 146 cm³/mol. The Hall–Kier alpha value is -4.00. The number of H-pyrrole nitrogens is 1. The molecule has 6 nitrogen and oxygen atoms in total. The second-order valence-electron chi connectivity index (χ2n) is 8.91. The van der Waals surface area contributed by atoms with Gasteiger partial charge in [-0.25, -0.2) is 4.98 Å². The van der Waals surface area contributed by atoms with Crippen molar-refractivity contribution in [3.8, 4) is 5.88 Å². The molecule has 0 aliphatic rings. The number of unbranched alkanes of at least 4 members (excludes halogenated alkanes) is 3. The minimum Gasteiger partial charge on any atom is -0.478 e. The molecule has 0 saturated heterocycles. The molecule has 4 rings (SSSR count). The number of aromatic amines is 1. The Balaban J connectivity index is 1.53. The molecule has 0 saturated carbocycles. The van der Waals surface area contributed by atoms with Crippen molar-refractivity contribution in [1.29, 1.82) is 0 Å². The van der Waals surface area contributed by atoms with Crippen molar-refractivity contribution in [2.45, 2.75) is 45.4 Å². The van der Waals surface area contributed by atoms with Crippen LogP contribution in [0.2, 0.25) is 0 Å². The van der Waals surface area contributed by atoms with Gasteiger partial charge in [0.15, 0.2) is 0 Å². The van der Waals surface area contributed by atoms with Gasteiger partial charge < -0.3 is 10.1 Å². The Labute approximate surface area is 217 Å². The largest absolute Gasteiger partial charge is 0.478 e. The Kier molecular flexibility index (Phi) is 9.03. The smallest absolute Gasteiger partial charge is 0.219 e. The predicted octanol–water partition coefficient (Wildman–Crippen LogP) is 6.54. The lowest BCUT2D eigenvalue weighted by Crippen LogP contribution is -2.16.